The molecule has 1 aliphatic heterocycles. The van der Waals surface area contributed by atoms with E-state index in [1.165, 1.54) is 16.5 Å². The van der Waals surface area contributed by atoms with Crippen LogP contribution in [0.1, 0.15) is 23.8 Å². The fourth-order valence-corrected chi connectivity index (χ4v) is 5.77. The lowest BCUT2D eigenvalue weighted by molar-refractivity contribution is -0.129. The van der Waals surface area contributed by atoms with Gasteiger partial charge in [-0.3, -0.25) is 4.79 Å². The molecule has 1 aliphatic rings. The maximum absolute atomic E-state index is 12.9. The van der Waals surface area contributed by atoms with E-state index in [1.54, 1.807) is 17.7 Å². The lowest BCUT2D eigenvalue weighted by atomic mass is 9.99. The van der Waals surface area contributed by atoms with Crippen molar-refractivity contribution in [3.05, 3.63) is 59.9 Å². The molecular formula is C22H20N4OS2. The summed E-state index contributed by atoms with van der Waals surface area (Å²) in [4.78, 5) is 28.4. The molecule has 0 N–H and O–H groups in total. The molecule has 1 amide bonds. The van der Waals surface area contributed by atoms with Gasteiger partial charge in [-0.1, -0.05) is 42.1 Å². The fourth-order valence-electron chi connectivity index (χ4n) is 3.79. The van der Waals surface area contributed by atoms with Crippen molar-refractivity contribution in [3.8, 4) is 0 Å². The molecule has 0 saturated carbocycles. The van der Waals surface area contributed by atoms with Crippen LogP contribution in [0.15, 0.2) is 59.9 Å². The van der Waals surface area contributed by atoms with Crippen LogP contribution in [0.5, 0.6) is 0 Å². The van der Waals surface area contributed by atoms with E-state index in [0.29, 0.717) is 11.7 Å². The molecule has 1 fully saturated rings. The third-order valence-corrected chi connectivity index (χ3v) is 7.46. The highest BCUT2D eigenvalue weighted by Crippen LogP contribution is 2.33. The van der Waals surface area contributed by atoms with E-state index >= 15 is 0 Å². The molecule has 2 aromatic heterocycles. The summed E-state index contributed by atoms with van der Waals surface area (Å²) >= 11 is 3.26. The van der Waals surface area contributed by atoms with Crippen molar-refractivity contribution in [3.63, 3.8) is 0 Å². The largest absolute Gasteiger partial charge is 0.341 e. The monoisotopic (exact) mass is 420 g/mol. The zero-order valence-electron chi connectivity index (χ0n) is 15.8. The summed E-state index contributed by atoms with van der Waals surface area (Å²) in [7, 11) is 0. The second kappa shape index (κ2) is 8.08. The van der Waals surface area contributed by atoms with Crippen molar-refractivity contribution in [2.75, 3.05) is 18.8 Å². The van der Waals surface area contributed by atoms with Crippen LogP contribution < -0.4 is 0 Å². The molecule has 5 rings (SSSR count). The molecule has 29 heavy (non-hydrogen) atoms. The SMILES string of the molecule is O=C(CSc1ncnc2ccccc12)N1CCC[C@H](c2nc3ccccc3s2)C1. The molecule has 1 saturated heterocycles. The van der Waals surface area contributed by atoms with Gasteiger partial charge in [-0.25, -0.2) is 15.0 Å². The van der Waals surface area contributed by atoms with E-state index in [2.05, 4.69) is 28.2 Å². The van der Waals surface area contributed by atoms with Gasteiger partial charge in [-0.15, -0.1) is 11.3 Å². The number of piperidine rings is 1. The summed E-state index contributed by atoms with van der Waals surface area (Å²) < 4.78 is 1.22. The molecule has 7 heteroatoms. The molecule has 2 aromatic carbocycles. The number of fused-ring (bicyclic) bond motifs is 2. The van der Waals surface area contributed by atoms with Crippen molar-refractivity contribution in [1.29, 1.82) is 0 Å². The number of amides is 1. The Morgan fingerprint density at radius 1 is 1.10 bits per heavy atom. The van der Waals surface area contributed by atoms with Crippen LogP contribution in [0, 0.1) is 0 Å². The Hall–Kier alpha value is -2.51. The number of likely N-dealkylation sites (tertiary alicyclic amines) is 1. The number of rotatable bonds is 4. The molecular weight excluding hydrogens is 400 g/mol. The maximum Gasteiger partial charge on any atom is 0.233 e. The molecule has 0 spiro atoms. The summed E-state index contributed by atoms with van der Waals surface area (Å²) in [6, 6.07) is 16.2. The Labute approximate surface area is 177 Å². The smallest absolute Gasteiger partial charge is 0.233 e. The summed E-state index contributed by atoms with van der Waals surface area (Å²) in [5.41, 5.74) is 1.97. The minimum Gasteiger partial charge on any atom is -0.341 e. The minimum atomic E-state index is 0.170. The molecule has 146 valence electrons. The van der Waals surface area contributed by atoms with Gasteiger partial charge in [0.2, 0.25) is 5.91 Å². The van der Waals surface area contributed by atoms with Gasteiger partial charge in [-0.05, 0) is 31.0 Å². The molecule has 1 atom stereocenters. The van der Waals surface area contributed by atoms with Gasteiger partial charge in [0.25, 0.3) is 0 Å². The Balaban J connectivity index is 1.27. The van der Waals surface area contributed by atoms with E-state index in [-0.39, 0.29) is 5.91 Å². The van der Waals surface area contributed by atoms with Gasteiger partial charge in [0, 0.05) is 24.4 Å². The zero-order valence-corrected chi connectivity index (χ0v) is 17.5. The average Bonchev–Trinajstić information content (AvgIpc) is 3.22. The number of hydrogen-bond acceptors (Lipinski definition) is 6. The normalized spacial score (nSPS) is 17.1. The highest BCUT2D eigenvalue weighted by atomic mass is 32.2. The highest BCUT2D eigenvalue weighted by molar-refractivity contribution is 8.00. The third kappa shape index (κ3) is 3.84. The standard InChI is InChI=1S/C22H20N4OS2/c27-20(13-28-22-16-7-1-2-8-17(16)23-14-24-22)26-11-5-6-15(12-26)21-25-18-9-3-4-10-19(18)29-21/h1-4,7-10,14-15H,5-6,11-13H2/t15-/m0/s1. The van der Waals surface area contributed by atoms with Crippen LogP contribution in [0.4, 0.5) is 0 Å². The van der Waals surface area contributed by atoms with Crippen molar-refractivity contribution in [2.45, 2.75) is 23.8 Å². The van der Waals surface area contributed by atoms with E-state index in [9.17, 15) is 4.79 Å². The van der Waals surface area contributed by atoms with Crippen molar-refractivity contribution >= 4 is 50.1 Å². The van der Waals surface area contributed by atoms with Crippen molar-refractivity contribution in [1.82, 2.24) is 19.9 Å². The first kappa shape index (κ1) is 18.5. The van der Waals surface area contributed by atoms with Crippen LogP contribution in [0.3, 0.4) is 0 Å². The first-order valence-corrected chi connectivity index (χ1v) is 11.5. The van der Waals surface area contributed by atoms with Gasteiger partial charge >= 0.3 is 0 Å². The number of hydrogen-bond donors (Lipinski definition) is 0. The highest BCUT2D eigenvalue weighted by Gasteiger charge is 2.27. The molecule has 0 radical (unpaired) electrons. The Morgan fingerprint density at radius 2 is 1.93 bits per heavy atom. The topological polar surface area (TPSA) is 59.0 Å². The average molecular weight is 421 g/mol. The van der Waals surface area contributed by atoms with E-state index < -0.39 is 0 Å². The summed E-state index contributed by atoms with van der Waals surface area (Å²) in [5, 5.41) is 3.01. The summed E-state index contributed by atoms with van der Waals surface area (Å²) in [5.74, 6) is 0.895. The molecule has 0 unspecified atom stereocenters. The Morgan fingerprint density at radius 3 is 2.83 bits per heavy atom. The quantitative estimate of drug-likeness (QED) is 0.353. The number of nitrogens with zero attached hydrogens (tertiary/aromatic N) is 4. The van der Waals surface area contributed by atoms with E-state index in [0.717, 1.165) is 52.4 Å². The predicted molar refractivity (Wildman–Crippen MR) is 118 cm³/mol. The fraction of sp³-hybridized carbons (Fsp3) is 0.273. The van der Waals surface area contributed by atoms with Crippen LogP contribution in [0.2, 0.25) is 0 Å². The molecule has 0 aliphatic carbocycles. The number of carbonyl (C=O) groups excluding carboxylic acids is 1. The molecule has 5 nitrogen and oxygen atoms in total. The minimum absolute atomic E-state index is 0.170. The van der Waals surface area contributed by atoms with Gasteiger partial charge < -0.3 is 4.90 Å². The van der Waals surface area contributed by atoms with Gasteiger partial charge in [0.15, 0.2) is 0 Å². The number of thiazole rings is 1. The first-order chi connectivity index (χ1) is 14.3. The van der Waals surface area contributed by atoms with Gasteiger partial charge in [0.05, 0.1) is 26.5 Å². The predicted octanol–water partition coefficient (Wildman–Crippen LogP) is 4.74. The Bertz CT molecular complexity index is 1140. The second-order valence-electron chi connectivity index (χ2n) is 7.18. The van der Waals surface area contributed by atoms with E-state index in [1.807, 2.05) is 35.2 Å². The van der Waals surface area contributed by atoms with E-state index in [4.69, 9.17) is 4.98 Å². The lowest BCUT2D eigenvalue weighted by Gasteiger charge is -2.31. The zero-order chi connectivity index (χ0) is 19.6. The number of benzene rings is 2. The van der Waals surface area contributed by atoms with Crippen molar-refractivity contribution in [2.24, 2.45) is 0 Å². The molecule has 0 bridgehead atoms. The number of para-hydroxylation sites is 2. The second-order valence-corrected chi connectivity index (χ2v) is 9.21. The van der Waals surface area contributed by atoms with Crippen LogP contribution >= 0.6 is 23.1 Å². The van der Waals surface area contributed by atoms with Crippen LogP contribution in [0.25, 0.3) is 21.1 Å². The summed E-state index contributed by atoms with van der Waals surface area (Å²) in [6.07, 6.45) is 3.68. The maximum atomic E-state index is 12.9. The molecule has 3 heterocycles. The van der Waals surface area contributed by atoms with Gasteiger partial charge in [-0.2, -0.15) is 0 Å². The lowest BCUT2D eigenvalue weighted by Crippen LogP contribution is -2.40. The number of carbonyl (C=O) groups is 1. The number of thioether (sulfide) groups is 1. The number of aromatic nitrogens is 3. The summed E-state index contributed by atoms with van der Waals surface area (Å²) in [6.45, 7) is 1.58. The third-order valence-electron chi connectivity index (χ3n) is 5.27. The van der Waals surface area contributed by atoms with Gasteiger partial charge in [0.1, 0.15) is 11.4 Å². The first-order valence-electron chi connectivity index (χ1n) is 9.74. The van der Waals surface area contributed by atoms with Crippen LogP contribution in [-0.2, 0) is 4.79 Å². The van der Waals surface area contributed by atoms with Crippen LogP contribution in [-0.4, -0.2) is 44.6 Å². The Kier molecular flexibility index (Phi) is 5.16. The molecule has 4 aromatic rings. The van der Waals surface area contributed by atoms with Crippen molar-refractivity contribution < 1.29 is 4.79 Å².